The average Bonchev–Trinajstić information content (AvgIpc) is 2.97. The predicted molar refractivity (Wildman–Crippen MR) is 106 cm³/mol. The van der Waals surface area contributed by atoms with Gasteiger partial charge in [-0.15, -0.1) is 0 Å². The van der Waals surface area contributed by atoms with E-state index in [9.17, 15) is 9.90 Å². The van der Waals surface area contributed by atoms with Crippen molar-refractivity contribution in [3.8, 4) is 17.2 Å². The summed E-state index contributed by atoms with van der Waals surface area (Å²) in [6, 6.07) is 12.8. The zero-order valence-corrected chi connectivity index (χ0v) is 16.0. The minimum Gasteiger partial charge on any atom is -0.503 e. The van der Waals surface area contributed by atoms with Crippen LogP contribution in [0.2, 0.25) is 5.02 Å². The molecule has 3 aromatic rings. The second-order valence-electron chi connectivity index (χ2n) is 6.04. The van der Waals surface area contributed by atoms with Crippen LogP contribution in [0, 0.1) is 13.8 Å². The lowest BCUT2D eigenvalue weighted by atomic mass is 10.1. The number of phenolic OH excluding ortho intramolecular Hbond substituents is 1. The molecule has 0 aliphatic carbocycles. The lowest BCUT2D eigenvalue weighted by molar-refractivity contribution is 0.104. The third kappa shape index (κ3) is 3.73. The summed E-state index contributed by atoms with van der Waals surface area (Å²) in [4.78, 5) is 12.8. The van der Waals surface area contributed by atoms with Crippen molar-refractivity contribution < 1.29 is 14.6 Å². The first-order chi connectivity index (χ1) is 12.9. The van der Waals surface area contributed by atoms with Gasteiger partial charge in [0.1, 0.15) is 0 Å². The SMILES string of the molecule is COc1cc(/C=C\C(=O)c2c(C)nn(-c3ccccc3)c2C)cc(Cl)c1O. The van der Waals surface area contributed by atoms with E-state index in [4.69, 9.17) is 16.3 Å². The number of para-hydroxylation sites is 1. The number of methoxy groups -OCH3 is 1. The molecule has 27 heavy (non-hydrogen) atoms. The van der Waals surface area contributed by atoms with Crippen molar-refractivity contribution >= 4 is 23.5 Å². The number of benzene rings is 2. The highest BCUT2D eigenvalue weighted by Gasteiger charge is 2.17. The monoisotopic (exact) mass is 382 g/mol. The number of carbonyl (C=O) groups excluding carboxylic acids is 1. The van der Waals surface area contributed by atoms with E-state index in [1.54, 1.807) is 22.9 Å². The number of aromatic hydroxyl groups is 1. The summed E-state index contributed by atoms with van der Waals surface area (Å²) >= 11 is 5.99. The number of rotatable bonds is 5. The van der Waals surface area contributed by atoms with Crippen LogP contribution in [0.5, 0.6) is 11.5 Å². The molecule has 1 aromatic heterocycles. The van der Waals surface area contributed by atoms with Gasteiger partial charge in [-0.25, -0.2) is 4.68 Å². The zero-order chi connectivity index (χ0) is 19.6. The largest absolute Gasteiger partial charge is 0.503 e. The summed E-state index contributed by atoms with van der Waals surface area (Å²) in [6.07, 6.45) is 3.10. The molecule has 0 spiro atoms. The number of allylic oxidation sites excluding steroid dienone is 1. The van der Waals surface area contributed by atoms with Crippen LogP contribution in [0.3, 0.4) is 0 Å². The molecular weight excluding hydrogens is 364 g/mol. The smallest absolute Gasteiger partial charge is 0.189 e. The zero-order valence-electron chi connectivity index (χ0n) is 15.2. The van der Waals surface area contributed by atoms with Gasteiger partial charge in [-0.3, -0.25) is 4.79 Å². The van der Waals surface area contributed by atoms with Crippen molar-refractivity contribution in [2.45, 2.75) is 13.8 Å². The Balaban J connectivity index is 1.92. The fourth-order valence-electron chi connectivity index (χ4n) is 2.92. The molecule has 3 rings (SSSR count). The van der Waals surface area contributed by atoms with Crippen LogP contribution in [-0.4, -0.2) is 27.8 Å². The van der Waals surface area contributed by atoms with Crippen molar-refractivity contribution in [2.75, 3.05) is 7.11 Å². The second kappa shape index (κ2) is 7.68. The van der Waals surface area contributed by atoms with Crippen molar-refractivity contribution in [2.24, 2.45) is 0 Å². The summed E-state index contributed by atoms with van der Waals surface area (Å²) in [5, 5.41) is 14.5. The average molecular weight is 383 g/mol. The van der Waals surface area contributed by atoms with E-state index in [0.717, 1.165) is 11.4 Å². The van der Waals surface area contributed by atoms with E-state index in [1.807, 2.05) is 44.2 Å². The second-order valence-corrected chi connectivity index (χ2v) is 6.45. The van der Waals surface area contributed by atoms with E-state index in [0.29, 0.717) is 16.8 Å². The van der Waals surface area contributed by atoms with Gasteiger partial charge in [-0.05, 0) is 49.8 Å². The van der Waals surface area contributed by atoms with Crippen LogP contribution in [0.15, 0.2) is 48.5 Å². The first-order valence-corrected chi connectivity index (χ1v) is 8.70. The maximum absolute atomic E-state index is 12.8. The van der Waals surface area contributed by atoms with Crippen LogP contribution < -0.4 is 4.74 Å². The summed E-state index contributed by atoms with van der Waals surface area (Å²) in [5.74, 6) is -0.0346. The Morgan fingerprint density at radius 1 is 1.22 bits per heavy atom. The van der Waals surface area contributed by atoms with Crippen LogP contribution in [0.25, 0.3) is 11.8 Å². The number of ketones is 1. The molecule has 0 aliphatic heterocycles. The lowest BCUT2D eigenvalue weighted by Crippen LogP contribution is -2.01. The van der Waals surface area contributed by atoms with Crippen LogP contribution >= 0.6 is 11.6 Å². The normalized spacial score (nSPS) is 11.1. The molecule has 0 unspecified atom stereocenters. The first kappa shape index (κ1) is 18.7. The van der Waals surface area contributed by atoms with Gasteiger partial charge in [-0.2, -0.15) is 5.10 Å². The van der Waals surface area contributed by atoms with Gasteiger partial charge in [0.25, 0.3) is 0 Å². The van der Waals surface area contributed by atoms with Gasteiger partial charge in [0.2, 0.25) is 0 Å². The number of nitrogens with zero attached hydrogens (tertiary/aromatic N) is 2. The van der Waals surface area contributed by atoms with Gasteiger partial charge in [0.15, 0.2) is 17.3 Å². The Kier molecular flexibility index (Phi) is 5.33. The molecule has 0 amide bonds. The van der Waals surface area contributed by atoms with E-state index in [1.165, 1.54) is 13.2 Å². The van der Waals surface area contributed by atoms with Crippen LogP contribution in [0.1, 0.15) is 27.3 Å². The standard InChI is InChI=1S/C21H19ClN2O3/c1-13-20(14(2)24(23-13)16-7-5-4-6-8-16)18(25)10-9-15-11-17(22)21(26)19(12-15)27-3/h4-12,26H,1-3H3/b10-9-. The molecule has 2 aromatic carbocycles. The number of ether oxygens (including phenoxy) is 1. The minimum absolute atomic E-state index is 0.126. The maximum atomic E-state index is 12.8. The summed E-state index contributed by atoms with van der Waals surface area (Å²) < 4.78 is 6.84. The predicted octanol–water partition coefficient (Wildman–Crippen LogP) is 4.75. The molecule has 5 nitrogen and oxygen atoms in total. The third-order valence-electron chi connectivity index (χ3n) is 4.24. The molecule has 0 saturated carbocycles. The van der Waals surface area contributed by atoms with Crippen molar-refractivity contribution in [3.63, 3.8) is 0 Å². The Bertz CT molecular complexity index is 1020. The first-order valence-electron chi connectivity index (χ1n) is 8.33. The Morgan fingerprint density at radius 3 is 2.59 bits per heavy atom. The fourth-order valence-corrected chi connectivity index (χ4v) is 3.14. The summed E-state index contributed by atoms with van der Waals surface area (Å²) in [7, 11) is 1.44. The number of halogens is 1. The van der Waals surface area contributed by atoms with E-state index >= 15 is 0 Å². The molecule has 0 radical (unpaired) electrons. The topological polar surface area (TPSA) is 64.3 Å². The number of hydrogen-bond acceptors (Lipinski definition) is 4. The maximum Gasteiger partial charge on any atom is 0.189 e. The molecule has 1 heterocycles. The molecule has 138 valence electrons. The van der Waals surface area contributed by atoms with Gasteiger partial charge in [0, 0.05) is 0 Å². The Hall–Kier alpha value is -3.05. The number of phenols is 1. The molecule has 1 N–H and O–H groups in total. The highest BCUT2D eigenvalue weighted by Crippen LogP contribution is 2.35. The van der Waals surface area contributed by atoms with E-state index in [2.05, 4.69) is 5.10 Å². The van der Waals surface area contributed by atoms with Gasteiger partial charge < -0.3 is 9.84 Å². The number of carbonyl (C=O) groups is 1. The van der Waals surface area contributed by atoms with Gasteiger partial charge in [-0.1, -0.05) is 35.9 Å². The molecular formula is C21H19ClN2O3. The molecule has 0 bridgehead atoms. The van der Waals surface area contributed by atoms with E-state index in [-0.39, 0.29) is 22.3 Å². The molecule has 0 saturated heterocycles. The highest BCUT2D eigenvalue weighted by atomic mass is 35.5. The van der Waals surface area contributed by atoms with Gasteiger partial charge in [0.05, 0.1) is 34.8 Å². The number of aryl methyl sites for hydroxylation is 1. The molecule has 0 aliphatic rings. The quantitative estimate of drug-likeness (QED) is 0.510. The summed E-state index contributed by atoms with van der Waals surface area (Å²) in [6.45, 7) is 3.68. The highest BCUT2D eigenvalue weighted by molar-refractivity contribution is 6.32. The Labute approximate surface area is 162 Å². The van der Waals surface area contributed by atoms with Crippen LogP contribution in [-0.2, 0) is 0 Å². The fraction of sp³-hybridized carbons (Fsp3) is 0.143. The van der Waals surface area contributed by atoms with Crippen molar-refractivity contribution in [3.05, 3.63) is 76.1 Å². The van der Waals surface area contributed by atoms with E-state index < -0.39 is 0 Å². The van der Waals surface area contributed by atoms with Crippen LogP contribution in [0.4, 0.5) is 0 Å². The molecule has 0 atom stereocenters. The lowest BCUT2D eigenvalue weighted by Gasteiger charge is -2.06. The number of aromatic nitrogens is 2. The van der Waals surface area contributed by atoms with Crippen molar-refractivity contribution in [1.29, 1.82) is 0 Å². The van der Waals surface area contributed by atoms with Gasteiger partial charge >= 0.3 is 0 Å². The summed E-state index contributed by atoms with van der Waals surface area (Å²) in [5.41, 5.74) is 3.54. The molecule has 0 fully saturated rings. The van der Waals surface area contributed by atoms with Crippen molar-refractivity contribution in [1.82, 2.24) is 9.78 Å². The minimum atomic E-state index is -0.157. The number of hydrogen-bond donors (Lipinski definition) is 1. The Morgan fingerprint density at radius 2 is 1.93 bits per heavy atom. The third-order valence-corrected chi connectivity index (χ3v) is 4.52. The molecule has 6 heteroatoms.